The van der Waals surface area contributed by atoms with Crippen molar-refractivity contribution in [2.75, 3.05) is 13.6 Å². The molecule has 0 aromatic carbocycles. The molecule has 0 spiro atoms. The van der Waals surface area contributed by atoms with Crippen molar-refractivity contribution >= 4 is 17.5 Å². The fourth-order valence-electron chi connectivity index (χ4n) is 1.33. The van der Waals surface area contributed by atoms with Crippen molar-refractivity contribution in [2.24, 2.45) is 5.92 Å². The van der Waals surface area contributed by atoms with E-state index in [0.717, 1.165) is 13.0 Å². The summed E-state index contributed by atoms with van der Waals surface area (Å²) < 4.78 is 4.89. The van der Waals surface area contributed by atoms with E-state index in [1.54, 1.807) is 18.0 Å². The first-order valence-electron chi connectivity index (χ1n) is 5.04. The molecule has 0 aliphatic heterocycles. The third kappa shape index (κ3) is 2.99. The third-order valence-electron chi connectivity index (χ3n) is 2.48. The lowest BCUT2D eigenvalue weighted by Gasteiger charge is -2.20. The molecule has 1 unspecified atom stereocenters. The monoisotopic (exact) mass is 229 g/mol. The molecule has 4 heteroatoms. The van der Waals surface area contributed by atoms with Crippen LogP contribution in [0.25, 0.3) is 0 Å². The van der Waals surface area contributed by atoms with Crippen LogP contribution in [0.4, 0.5) is 0 Å². The zero-order chi connectivity index (χ0) is 11.4. The summed E-state index contributed by atoms with van der Waals surface area (Å²) in [7, 11) is 1.78. The Morgan fingerprint density at radius 1 is 1.67 bits per heavy atom. The van der Waals surface area contributed by atoms with Crippen molar-refractivity contribution in [3.63, 3.8) is 0 Å². The SMILES string of the molecule is CCC(C)CN(C)C(=O)c1ccoc1Cl. The van der Waals surface area contributed by atoms with Gasteiger partial charge in [-0.25, -0.2) is 0 Å². The van der Waals surface area contributed by atoms with E-state index in [1.165, 1.54) is 6.26 Å². The standard InChI is InChI=1S/C11H16ClNO2/c1-4-8(2)7-13(3)11(14)9-5-6-15-10(9)12/h5-6,8H,4,7H2,1-3H3. The Morgan fingerprint density at radius 3 is 2.80 bits per heavy atom. The second kappa shape index (κ2) is 5.21. The van der Waals surface area contributed by atoms with E-state index in [1.807, 2.05) is 0 Å². The number of carbonyl (C=O) groups excluding carboxylic acids is 1. The van der Waals surface area contributed by atoms with Gasteiger partial charge >= 0.3 is 0 Å². The number of amides is 1. The molecule has 0 aliphatic carbocycles. The van der Waals surface area contributed by atoms with Gasteiger partial charge in [-0.05, 0) is 23.6 Å². The lowest BCUT2D eigenvalue weighted by atomic mass is 10.1. The van der Waals surface area contributed by atoms with Gasteiger partial charge in [-0.2, -0.15) is 0 Å². The van der Waals surface area contributed by atoms with Crippen LogP contribution < -0.4 is 0 Å². The van der Waals surface area contributed by atoms with Gasteiger partial charge < -0.3 is 9.32 Å². The normalized spacial score (nSPS) is 12.5. The van der Waals surface area contributed by atoms with E-state index in [0.29, 0.717) is 11.5 Å². The molecule has 1 amide bonds. The van der Waals surface area contributed by atoms with Gasteiger partial charge in [0.05, 0.1) is 11.8 Å². The van der Waals surface area contributed by atoms with E-state index in [9.17, 15) is 4.79 Å². The highest BCUT2D eigenvalue weighted by Crippen LogP contribution is 2.18. The average molecular weight is 230 g/mol. The molecule has 0 N–H and O–H groups in total. The Labute approximate surface area is 95.0 Å². The summed E-state index contributed by atoms with van der Waals surface area (Å²) in [4.78, 5) is 13.5. The van der Waals surface area contributed by atoms with Crippen LogP contribution >= 0.6 is 11.6 Å². The van der Waals surface area contributed by atoms with Crippen LogP contribution in [0, 0.1) is 5.92 Å². The molecule has 3 nitrogen and oxygen atoms in total. The van der Waals surface area contributed by atoms with Crippen LogP contribution in [-0.2, 0) is 0 Å². The third-order valence-corrected chi connectivity index (χ3v) is 2.77. The zero-order valence-electron chi connectivity index (χ0n) is 9.29. The van der Waals surface area contributed by atoms with Crippen molar-refractivity contribution in [3.05, 3.63) is 23.1 Å². The number of nitrogens with zero attached hydrogens (tertiary/aromatic N) is 1. The summed E-state index contributed by atoms with van der Waals surface area (Å²) in [5, 5.41) is 0.163. The zero-order valence-corrected chi connectivity index (χ0v) is 10.0. The first kappa shape index (κ1) is 12.1. The van der Waals surface area contributed by atoms with Gasteiger partial charge in [-0.15, -0.1) is 0 Å². The number of hydrogen-bond acceptors (Lipinski definition) is 2. The quantitative estimate of drug-likeness (QED) is 0.795. The number of carbonyl (C=O) groups is 1. The molecule has 1 heterocycles. The Balaban J connectivity index is 2.65. The van der Waals surface area contributed by atoms with Gasteiger partial charge in [0, 0.05) is 13.6 Å². The first-order valence-corrected chi connectivity index (χ1v) is 5.42. The smallest absolute Gasteiger partial charge is 0.258 e. The molecule has 1 atom stereocenters. The van der Waals surface area contributed by atoms with E-state index in [4.69, 9.17) is 16.0 Å². The van der Waals surface area contributed by atoms with Crippen molar-refractivity contribution in [1.82, 2.24) is 4.90 Å². The van der Waals surface area contributed by atoms with Crippen LogP contribution in [0.15, 0.2) is 16.7 Å². The van der Waals surface area contributed by atoms with Gasteiger partial charge in [0.1, 0.15) is 0 Å². The van der Waals surface area contributed by atoms with Crippen molar-refractivity contribution in [3.8, 4) is 0 Å². The number of hydrogen-bond donors (Lipinski definition) is 0. The van der Waals surface area contributed by atoms with E-state index < -0.39 is 0 Å². The minimum atomic E-state index is -0.0888. The molecule has 1 rings (SSSR count). The number of rotatable bonds is 4. The Bertz CT molecular complexity index is 335. The largest absolute Gasteiger partial charge is 0.452 e. The highest BCUT2D eigenvalue weighted by atomic mass is 35.5. The summed E-state index contributed by atoms with van der Waals surface area (Å²) in [5.41, 5.74) is 0.433. The lowest BCUT2D eigenvalue weighted by molar-refractivity contribution is 0.0774. The van der Waals surface area contributed by atoms with Crippen LogP contribution in [0.2, 0.25) is 5.22 Å². The fourth-order valence-corrected chi connectivity index (χ4v) is 1.53. The Hall–Kier alpha value is -0.960. The molecule has 0 aliphatic rings. The van der Waals surface area contributed by atoms with Gasteiger partial charge in [0.25, 0.3) is 5.91 Å². The molecule has 1 aromatic rings. The summed E-state index contributed by atoms with van der Waals surface area (Å²) in [6.45, 7) is 4.95. The van der Waals surface area contributed by atoms with Gasteiger partial charge in [-0.3, -0.25) is 4.79 Å². The van der Waals surface area contributed by atoms with Gasteiger partial charge in [0.2, 0.25) is 5.22 Å². The molecule has 1 aromatic heterocycles. The van der Waals surface area contributed by atoms with Crippen molar-refractivity contribution in [2.45, 2.75) is 20.3 Å². The minimum Gasteiger partial charge on any atom is -0.452 e. The Kier molecular flexibility index (Phi) is 4.21. The second-order valence-corrected chi connectivity index (χ2v) is 4.15. The van der Waals surface area contributed by atoms with Crippen molar-refractivity contribution in [1.29, 1.82) is 0 Å². The highest BCUT2D eigenvalue weighted by Gasteiger charge is 2.18. The molecule has 0 bridgehead atoms. The Morgan fingerprint density at radius 2 is 2.33 bits per heavy atom. The summed E-state index contributed by atoms with van der Waals surface area (Å²) >= 11 is 5.73. The minimum absolute atomic E-state index is 0.0888. The van der Waals surface area contributed by atoms with Gasteiger partial charge in [-0.1, -0.05) is 20.3 Å². The van der Waals surface area contributed by atoms with Crippen LogP contribution in [0.3, 0.4) is 0 Å². The summed E-state index contributed by atoms with van der Waals surface area (Å²) in [6, 6.07) is 1.60. The van der Waals surface area contributed by atoms with E-state index >= 15 is 0 Å². The van der Waals surface area contributed by atoms with E-state index in [-0.39, 0.29) is 11.1 Å². The van der Waals surface area contributed by atoms with Crippen LogP contribution in [0.1, 0.15) is 30.6 Å². The maximum absolute atomic E-state index is 11.9. The maximum atomic E-state index is 11.9. The molecule has 0 saturated heterocycles. The molecule has 0 saturated carbocycles. The first-order chi connectivity index (χ1) is 7.06. The maximum Gasteiger partial charge on any atom is 0.258 e. The molecular formula is C11H16ClNO2. The fraction of sp³-hybridized carbons (Fsp3) is 0.545. The summed E-state index contributed by atoms with van der Waals surface area (Å²) in [6.07, 6.45) is 2.48. The number of halogens is 1. The summed E-state index contributed by atoms with van der Waals surface area (Å²) in [5.74, 6) is 0.402. The van der Waals surface area contributed by atoms with Crippen LogP contribution in [-0.4, -0.2) is 24.4 Å². The predicted molar refractivity (Wildman–Crippen MR) is 60.1 cm³/mol. The van der Waals surface area contributed by atoms with Crippen LogP contribution in [0.5, 0.6) is 0 Å². The average Bonchev–Trinajstić information content (AvgIpc) is 2.63. The van der Waals surface area contributed by atoms with E-state index in [2.05, 4.69) is 13.8 Å². The second-order valence-electron chi connectivity index (χ2n) is 3.81. The molecular weight excluding hydrogens is 214 g/mol. The lowest BCUT2D eigenvalue weighted by Crippen LogP contribution is -2.30. The number of furan rings is 1. The topological polar surface area (TPSA) is 33.5 Å². The molecule has 15 heavy (non-hydrogen) atoms. The molecule has 84 valence electrons. The van der Waals surface area contributed by atoms with Gasteiger partial charge in [0.15, 0.2) is 0 Å². The molecule has 0 radical (unpaired) electrons. The highest BCUT2D eigenvalue weighted by molar-refractivity contribution is 6.32. The molecule has 0 fully saturated rings. The van der Waals surface area contributed by atoms with Crippen molar-refractivity contribution < 1.29 is 9.21 Å². The predicted octanol–water partition coefficient (Wildman–Crippen LogP) is 3.05.